The minimum atomic E-state index is -4.48. The van der Waals surface area contributed by atoms with Gasteiger partial charge in [-0.3, -0.25) is 9.69 Å². The van der Waals surface area contributed by atoms with Gasteiger partial charge in [-0.05, 0) is 24.1 Å². The summed E-state index contributed by atoms with van der Waals surface area (Å²) in [5, 5.41) is 8.99. The highest BCUT2D eigenvalue weighted by Gasteiger charge is 2.52. The third kappa shape index (κ3) is 3.77. The molecule has 0 aromatic heterocycles. The molecule has 0 aliphatic carbocycles. The van der Waals surface area contributed by atoms with Crippen molar-refractivity contribution in [2.45, 2.75) is 19.6 Å². The van der Waals surface area contributed by atoms with Crippen LogP contribution < -0.4 is 0 Å². The Morgan fingerprint density at radius 2 is 2.10 bits per heavy atom. The van der Waals surface area contributed by atoms with Crippen LogP contribution in [0.25, 0.3) is 0 Å². The number of rotatable bonds is 3. The molecule has 21 heavy (non-hydrogen) atoms. The average molecular weight is 366 g/mol. The summed E-state index contributed by atoms with van der Waals surface area (Å²) in [6.07, 6.45) is -4.48. The topological polar surface area (TPSA) is 40.5 Å². The Hall–Kier alpha value is -1.08. The van der Waals surface area contributed by atoms with E-state index >= 15 is 0 Å². The standard InChI is InChI=1S/C14H15BrF3NO2/c1-8-2-3-9(12(15)4-8)5-19-6-10(13(20)21)11(7-19)14(16,17)18/h2-4,10-11H,5-7H2,1H3,(H,20,21)/t10-,11-/m1/s1. The third-order valence-corrected chi connectivity index (χ3v) is 4.47. The third-order valence-electron chi connectivity index (χ3n) is 3.74. The van der Waals surface area contributed by atoms with E-state index in [2.05, 4.69) is 15.9 Å². The lowest BCUT2D eigenvalue weighted by molar-refractivity contribution is -0.188. The highest BCUT2D eigenvalue weighted by atomic mass is 79.9. The van der Waals surface area contributed by atoms with Crippen molar-refractivity contribution in [3.63, 3.8) is 0 Å². The van der Waals surface area contributed by atoms with E-state index in [4.69, 9.17) is 5.11 Å². The summed E-state index contributed by atoms with van der Waals surface area (Å²) in [5.74, 6) is -4.59. The van der Waals surface area contributed by atoms with E-state index in [-0.39, 0.29) is 13.1 Å². The summed E-state index contributed by atoms with van der Waals surface area (Å²) in [4.78, 5) is 12.6. The molecule has 2 atom stereocenters. The second-order valence-electron chi connectivity index (χ2n) is 5.38. The first-order chi connectivity index (χ1) is 9.68. The van der Waals surface area contributed by atoms with Crippen molar-refractivity contribution >= 4 is 21.9 Å². The van der Waals surface area contributed by atoms with Gasteiger partial charge in [0.05, 0.1) is 11.8 Å². The molecular formula is C14H15BrF3NO2. The van der Waals surface area contributed by atoms with Gasteiger partial charge in [-0.25, -0.2) is 0 Å². The van der Waals surface area contributed by atoms with Gasteiger partial charge >= 0.3 is 12.1 Å². The monoisotopic (exact) mass is 365 g/mol. The van der Waals surface area contributed by atoms with Crippen LogP contribution in [0.2, 0.25) is 0 Å². The van der Waals surface area contributed by atoms with Crippen LogP contribution in [0, 0.1) is 18.8 Å². The van der Waals surface area contributed by atoms with Crippen molar-refractivity contribution < 1.29 is 23.1 Å². The zero-order valence-corrected chi connectivity index (χ0v) is 12.9. The fourth-order valence-corrected chi connectivity index (χ4v) is 3.24. The second kappa shape index (κ2) is 5.96. The number of halogens is 4. The van der Waals surface area contributed by atoms with E-state index in [0.717, 1.165) is 15.6 Å². The van der Waals surface area contributed by atoms with Crippen LogP contribution in [0.5, 0.6) is 0 Å². The number of likely N-dealkylation sites (tertiary alicyclic amines) is 1. The highest BCUT2D eigenvalue weighted by molar-refractivity contribution is 9.10. The summed E-state index contributed by atoms with van der Waals surface area (Å²) in [6.45, 7) is 1.86. The van der Waals surface area contributed by atoms with Crippen molar-refractivity contribution in [2.75, 3.05) is 13.1 Å². The average Bonchev–Trinajstić information content (AvgIpc) is 2.77. The van der Waals surface area contributed by atoms with Gasteiger partial charge in [0, 0.05) is 24.1 Å². The van der Waals surface area contributed by atoms with Crippen LogP contribution in [0.1, 0.15) is 11.1 Å². The lowest BCUT2D eigenvalue weighted by Gasteiger charge is -2.18. The van der Waals surface area contributed by atoms with Crippen molar-refractivity contribution in [1.82, 2.24) is 4.90 Å². The summed E-state index contributed by atoms with van der Waals surface area (Å²) < 4.78 is 39.6. The highest BCUT2D eigenvalue weighted by Crippen LogP contribution is 2.38. The quantitative estimate of drug-likeness (QED) is 0.891. The maximum Gasteiger partial charge on any atom is 0.393 e. The number of aliphatic carboxylic acids is 1. The van der Waals surface area contributed by atoms with Crippen molar-refractivity contribution in [3.8, 4) is 0 Å². The first kappa shape index (κ1) is 16.3. The maximum absolute atomic E-state index is 12.9. The molecule has 1 aliphatic heterocycles. The Morgan fingerprint density at radius 1 is 1.43 bits per heavy atom. The van der Waals surface area contributed by atoms with Crippen molar-refractivity contribution in [1.29, 1.82) is 0 Å². The first-order valence-electron chi connectivity index (χ1n) is 6.45. The Morgan fingerprint density at radius 3 is 2.57 bits per heavy atom. The lowest BCUT2D eigenvalue weighted by Crippen LogP contribution is -2.33. The van der Waals surface area contributed by atoms with E-state index in [9.17, 15) is 18.0 Å². The molecule has 1 aliphatic rings. The molecule has 0 radical (unpaired) electrons. The molecule has 0 bridgehead atoms. The van der Waals surface area contributed by atoms with E-state index in [0.29, 0.717) is 6.54 Å². The van der Waals surface area contributed by atoms with Crippen LogP contribution in [0.4, 0.5) is 13.2 Å². The number of aryl methyl sites for hydroxylation is 1. The summed E-state index contributed by atoms with van der Waals surface area (Å²) >= 11 is 3.39. The number of carboxylic acid groups (broad SMARTS) is 1. The second-order valence-corrected chi connectivity index (χ2v) is 6.24. The Bertz CT molecular complexity index is 548. The van der Waals surface area contributed by atoms with E-state index in [1.165, 1.54) is 0 Å². The molecule has 1 N–H and O–H groups in total. The Labute approximate surface area is 128 Å². The zero-order chi connectivity index (χ0) is 15.8. The normalized spacial score (nSPS) is 23.5. The van der Waals surface area contributed by atoms with E-state index < -0.39 is 24.0 Å². The van der Waals surface area contributed by atoms with Crippen LogP contribution in [-0.4, -0.2) is 35.2 Å². The number of hydrogen-bond acceptors (Lipinski definition) is 2. The molecule has 0 saturated carbocycles. The largest absolute Gasteiger partial charge is 0.481 e. The maximum atomic E-state index is 12.9. The first-order valence-corrected chi connectivity index (χ1v) is 7.24. The molecule has 1 saturated heterocycles. The lowest BCUT2D eigenvalue weighted by atomic mass is 9.96. The molecule has 0 spiro atoms. The van der Waals surface area contributed by atoms with Crippen molar-refractivity contribution in [3.05, 3.63) is 33.8 Å². The SMILES string of the molecule is Cc1ccc(CN2C[C@@H](C(F)(F)F)[C@H](C(=O)O)C2)c(Br)c1. The van der Waals surface area contributed by atoms with Gasteiger partial charge in [0.2, 0.25) is 0 Å². The number of hydrogen-bond donors (Lipinski definition) is 1. The molecule has 2 rings (SSSR count). The van der Waals surface area contributed by atoms with Crippen molar-refractivity contribution in [2.24, 2.45) is 11.8 Å². The summed E-state index contributed by atoms with van der Waals surface area (Å²) in [6, 6.07) is 5.61. The molecule has 0 amide bonds. The van der Waals surface area contributed by atoms with Crippen LogP contribution in [-0.2, 0) is 11.3 Å². The van der Waals surface area contributed by atoms with Crippen LogP contribution in [0.15, 0.2) is 22.7 Å². The predicted molar refractivity (Wildman–Crippen MR) is 74.8 cm³/mol. The van der Waals surface area contributed by atoms with Gasteiger partial charge in [0.25, 0.3) is 0 Å². The van der Waals surface area contributed by atoms with Gasteiger partial charge in [0.1, 0.15) is 0 Å². The smallest absolute Gasteiger partial charge is 0.393 e. The number of nitrogens with zero attached hydrogens (tertiary/aromatic N) is 1. The number of alkyl halides is 3. The molecule has 1 aromatic carbocycles. The van der Waals surface area contributed by atoms with Crippen LogP contribution in [0.3, 0.4) is 0 Å². The number of carbonyl (C=O) groups is 1. The summed E-state index contributed by atoms with van der Waals surface area (Å²) in [7, 11) is 0. The minimum absolute atomic E-state index is 0.0835. The fraction of sp³-hybridized carbons (Fsp3) is 0.500. The van der Waals surface area contributed by atoms with E-state index in [1.807, 2.05) is 25.1 Å². The van der Waals surface area contributed by atoms with Gasteiger partial charge < -0.3 is 5.11 Å². The molecule has 116 valence electrons. The van der Waals surface area contributed by atoms with E-state index in [1.54, 1.807) is 4.90 Å². The van der Waals surface area contributed by atoms with Gasteiger partial charge in [-0.2, -0.15) is 13.2 Å². The van der Waals surface area contributed by atoms with Gasteiger partial charge in [0.15, 0.2) is 0 Å². The summed E-state index contributed by atoms with van der Waals surface area (Å²) in [5.41, 5.74) is 1.90. The molecule has 1 heterocycles. The zero-order valence-electron chi connectivity index (χ0n) is 11.3. The Balaban J connectivity index is 2.14. The fourth-order valence-electron chi connectivity index (χ4n) is 2.62. The molecule has 1 aromatic rings. The molecule has 7 heteroatoms. The van der Waals surface area contributed by atoms with Gasteiger partial charge in [-0.1, -0.05) is 28.1 Å². The molecule has 3 nitrogen and oxygen atoms in total. The molecular weight excluding hydrogens is 351 g/mol. The van der Waals surface area contributed by atoms with Crippen LogP contribution >= 0.6 is 15.9 Å². The van der Waals surface area contributed by atoms with Gasteiger partial charge in [-0.15, -0.1) is 0 Å². The number of carboxylic acids is 1. The minimum Gasteiger partial charge on any atom is -0.481 e. The number of benzene rings is 1. The predicted octanol–water partition coefficient (Wildman–Crippen LogP) is 3.45. The molecule has 1 fully saturated rings. The molecule has 0 unspecified atom stereocenters. The Kier molecular flexibility index (Phi) is 4.63.